The van der Waals surface area contributed by atoms with Gasteiger partial charge in [0.25, 0.3) is 0 Å². The molecule has 2 heterocycles. The molecule has 1 aromatic rings. The van der Waals surface area contributed by atoms with E-state index < -0.39 is 0 Å². The van der Waals surface area contributed by atoms with Crippen molar-refractivity contribution in [3.63, 3.8) is 0 Å². The molecule has 0 radical (unpaired) electrons. The van der Waals surface area contributed by atoms with Crippen LogP contribution in [-0.2, 0) is 6.42 Å². The zero-order valence-corrected chi connectivity index (χ0v) is 19.6. The Kier molecular flexibility index (Phi) is 6.43. The third-order valence-corrected chi connectivity index (χ3v) is 8.60. The van der Waals surface area contributed by atoms with E-state index in [0.717, 1.165) is 43.0 Å². The smallest absolute Gasteiger partial charge is 0.197 e. The van der Waals surface area contributed by atoms with E-state index in [1.54, 1.807) is 7.11 Å². The van der Waals surface area contributed by atoms with Crippen molar-refractivity contribution < 1.29 is 4.74 Å². The number of hydrogen-bond donors (Lipinski definition) is 0. The summed E-state index contributed by atoms with van der Waals surface area (Å²) in [6.45, 7) is 5.83. The van der Waals surface area contributed by atoms with Gasteiger partial charge in [0, 0.05) is 13.1 Å². The molecule has 1 saturated heterocycles. The van der Waals surface area contributed by atoms with Gasteiger partial charge in [-0.2, -0.15) is 0 Å². The molecule has 2 saturated carbocycles. The van der Waals surface area contributed by atoms with Crippen LogP contribution in [0.3, 0.4) is 0 Å². The van der Waals surface area contributed by atoms with E-state index in [2.05, 4.69) is 41.0 Å². The molecule has 0 bridgehead atoms. The van der Waals surface area contributed by atoms with Gasteiger partial charge >= 0.3 is 0 Å². The van der Waals surface area contributed by atoms with Crippen LogP contribution in [0.2, 0.25) is 0 Å². The molecule has 1 aromatic carbocycles. The average molecular weight is 424 g/mol. The van der Waals surface area contributed by atoms with Crippen molar-refractivity contribution in [1.82, 2.24) is 9.80 Å². The Labute approximate surface area is 189 Å². The minimum absolute atomic E-state index is 0.554. The molecular formula is C27H41N3O. The Morgan fingerprint density at radius 2 is 1.71 bits per heavy atom. The van der Waals surface area contributed by atoms with E-state index in [-0.39, 0.29) is 0 Å². The van der Waals surface area contributed by atoms with Gasteiger partial charge in [-0.25, -0.2) is 0 Å². The van der Waals surface area contributed by atoms with Crippen LogP contribution < -0.4 is 4.74 Å². The third kappa shape index (κ3) is 4.59. The number of aliphatic imine (C=N–C) groups is 1. The van der Waals surface area contributed by atoms with Crippen LogP contribution in [0.15, 0.2) is 29.3 Å². The van der Waals surface area contributed by atoms with Crippen LogP contribution >= 0.6 is 0 Å². The van der Waals surface area contributed by atoms with Crippen LogP contribution in [-0.4, -0.2) is 54.6 Å². The first-order chi connectivity index (χ1) is 15.2. The first kappa shape index (κ1) is 21.2. The van der Waals surface area contributed by atoms with Crippen LogP contribution in [0.25, 0.3) is 0 Å². The van der Waals surface area contributed by atoms with Crippen LogP contribution in [0.4, 0.5) is 0 Å². The van der Waals surface area contributed by atoms with Gasteiger partial charge in [0.1, 0.15) is 5.75 Å². The summed E-state index contributed by atoms with van der Waals surface area (Å²) < 4.78 is 5.37. The number of guanidine groups is 1. The molecule has 170 valence electrons. The summed E-state index contributed by atoms with van der Waals surface area (Å²) in [5.41, 5.74) is 1.42. The molecule has 2 atom stereocenters. The summed E-state index contributed by atoms with van der Waals surface area (Å²) >= 11 is 0. The quantitative estimate of drug-likeness (QED) is 0.616. The van der Waals surface area contributed by atoms with Gasteiger partial charge in [-0.3, -0.25) is 4.99 Å². The highest BCUT2D eigenvalue weighted by atomic mass is 16.5. The topological polar surface area (TPSA) is 28.1 Å². The molecule has 0 unspecified atom stereocenters. The maximum Gasteiger partial charge on any atom is 0.197 e. The van der Waals surface area contributed by atoms with Crippen LogP contribution in [0.1, 0.15) is 70.3 Å². The number of nitrogens with zero attached hydrogens (tertiary/aromatic N) is 3. The summed E-state index contributed by atoms with van der Waals surface area (Å²) in [6, 6.07) is 9.94. The van der Waals surface area contributed by atoms with Gasteiger partial charge in [0.05, 0.1) is 25.7 Å². The monoisotopic (exact) mass is 423 g/mol. The number of hydrogen-bond acceptors (Lipinski definition) is 4. The highest BCUT2D eigenvalue weighted by Crippen LogP contribution is 2.37. The molecule has 0 amide bonds. The van der Waals surface area contributed by atoms with E-state index in [1.807, 2.05) is 0 Å². The maximum atomic E-state index is 5.37. The Balaban J connectivity index is 1.32. The molecule has 4 nitrogen and oxygen atoms in total. The summed E-state index contributed by atoms with van der Waals surface area (Å²) in [5.74, 6) is 4.90. The van der Waals surface area contributed by atoms with Crippen molar-refractivity contribution in [1.29, 1.82) is 0 Å². The molecular weight excluding hydrogens is 382 g/mol. The maximum absolute atomic E-state index is 5.37. The van der Waals surface area contributed by atoms with Crippen molar-refractivity contribution in [3.05, 3.63) is 29.8 Å². The summed E-state index contributed by atoms with van der Waals surface area (Å²) in [5, 5.41) is 0. The van der Waals surface area contributed by atoms with Gasteiger partial charge in [-0.05, 0) is 67.6 Å². The lowest BCUT2D eigenvalue weighted by Crippen LogP contribution is -2.42. The largest absolute Gasteiger partial charge is 0.497 e. The van der Waals surface area contributed by atoms with Crippen molar-refractivity contribution in [2.75, 3.05) is 26.7 Å². The molecule has 4 aliphatic rings. The Bertz CT molecular complexity index is 746. The fraction of sp³-hybridized carbons (Fsp3) is 0.741. The molecule has 0 aromatic heterocycles. The van der Waals surface area contributed by atoms with Gasteiger partial charge in [-0.15, -0.1) is 0 Å². The predicted molar refractivity (Wildman–Crippen MR) is 128 cm³/mol. The SMILES string of the molecule is COc1ccc(C[C@@H]2CN3C(=NC[C@@H]3C3CCCCC3)N2CC2CCC(C)CC2)cc1. The Hall–Kier alpha value is -1.71. The minimum Gasteiger partial charge on any atom is -0.497 e. The van der Waals surface area contributed by atoms with E-state index >= 15 is 0 Å². The second-order valence-corrected chi connectivity index (χ2v) is 10.7. The molecule has 5 rings (SSSR count). The number of methoxy groups -OCH3 is 1. The van der Waals surface area contributed by atoms with Crippen molar-refractivity contribution in [3.8, 4) is 5.75 Å². The highest BCUT2D eigenvalue weighted by Gasteiger charge is 2.45. The Morgan fingerprint density at radius 1 is 0.968 bits per heavy atom. The summed E-state index contributed by atoms with van der Waals surface area (Å²) in [6.07, 6.45) is 13.8. The van der Waals surface area contributed by atoms with E-state index in [9.17, 15) is 0 Å². The highest BCUT2D eigenvalue weighted by molar-refractivity contribution is 5.84. The molecule has 31 heavy (non-hydrogen) atoms. The second kappa shape index (κ2) is 9.42. The van der Waals surface area contributed by atoms with E-state index in [1.165, 1.54) is 75.9 Å². The molecule has 0 spiro atoms. The average Bonchev–Trinajstić information content (AvgIpc) is 3.36. The lowest BCUT2D eigenvalue weighted by molar-refractivity contribution is 0.201. The number of benzene rings is 1. The van der Waals surface area contributed by atoms with Gasteiger partial charge in [-0.1, -0.05) is 51.2 Å². The third-order valence-electron chi connectivity index (χ3n) is 8.60. The lowest BCUT2D eigenvalue weighted by atomic mass is 9.82. The van der Waals surface area contributed by atoms with Gasteiger partial charge in [0.2, 0.25) is 0 Å². The minimum atomic E-state index is 0.554. The van der Waals surface area contributed by atoms with Gasteiger partial charge in [0.15, 0.2) is 5.96 Å². The summed E-state index contributed by atoms with van der Waals surface area (Å²) in [4.78, 5) is 10.6. The normalized spacial score (nSPS) is 31.6. The summed E-state index contributed by atoms with van der Waals surface area (Å²) in [7, 11) is 1.75. The standard InChI is InChI=1S/C27H41N3O/c1-20-8-10-22(11-9-20)18-29-24(16-21-12-14-25(31-2)15-13-21)19-30-26(17-28-27(29)30)23-6-4-3-5-7-23/h12-15,20,22-24,26H,3-11,16-19H2,1-2H3/t20?,22?,24-,26-/m1/s1. The van der Waals surface area contributed by atoms with Crippen molar-refractivity contribution in [2.45, 2.75) is 83.2 Å². The number of ether oxygens (including phenoxy) is 1. The number of fused-ring (bicyclic) bond motifs is 1. The zero-order valence-electron chi connectivity index (χ0n) is 19.6. The predicted octanol–water partition coefficient (Wildman–Crippen LogP) is 5.37. The van der Waals surface area contributed by atoms with E-state index in [0.29, 0.717) is 12.1 Å². The van der Waals surface area contributed by atoms with Crippen molar-refractivity contribution in [2.24, 2.45) is 22.7 Å². The van der Waals surface area contributed by atoms with E-state index in [4.69, 9.17) is 9.73 Å². The second-order valence-electron chi connectivity index (χ2n) is 10.7. The van der Waals surface area contributed by atoms with Crippen LogP contribution in [0, 0.1) is 17.8 Å². The molecule has 2 aliphatic carbocycles. The zero-order chi connectivity index (χ0) is 21.2. The first-order valence-electron chi connectivity index (χ1n) is 12.9. The van der Waals surface area contributed by atoms with Crippen molar-refractivity contribution >= 4 is 5.96 Å². The van der Waals surface area contributed by atoms with Gasteiger partial charge < -0.3 is 14.5 Å². The first-order valence-corrected chi connectivity index (χ1v) is 12.9. The molecule has 0 N–H and O–H groups in total. The Morgan fingerprint density at radius 3 is 2.42 bits per heavy atom. The molecule has 2 aliphatic heterocycles. The molecule has 4 heteroatoms. The molecule has 3 fully saturated rings. The lowest BCUT2D eigenvalue weighted by Gasteiger charge is -2.34. The van der Waals surface area contributed by atoms with Crippen LogP contribution in [0.5, 0.6) is 5.75 Å². The number of rotatable bonds is 6. The fourth-order valence-corrected chi connectivity index (χ4v) is 6.63. The fourth-order valence-electron chi connectivity index (χ4n) is 6.63.